The summed E-state index contributed by atoms with van der Waals surface area (Å²) >= 11 is 1.55. The summed E-state index contributed by atoms with van der Waals surface area (Å²) < 4.78 is 5.35. The van der Waals surface area contributed by atoms with Crippen LogP contribution in [0, 0.1) is 0 Å². The van der Waals surface area contributed by atoms with Crippen molar-refractivity contribution in [2.45, 2.75) is 20.0 Å². The first-order valence-corrected chi connectivity index (χ1v) is 7.83. The summed E-state index contributed by atoms with van der Waals surface area (Å²) in [4.78, 5) is 18.1. The standard InChI is InChI=1S/C16H18N2O3S/c1-3-20-14-8-6-13(7-9-14)18-16(19)12(2)21-17-11-15-5-4-10-22-15/h4-12H,3H2,1-2H3,(H,18,19)/b17-11+. The van der Waals surface area contributed by atoms with Crippen LogP contribution in [0.4, 0.5) is 5.69 Å². The summed E-state index contributed by atoms with van der Waals surface area (Å²) in [5, 5.41) is 8.53. The second-order valence-electron chi connectivity index (χ2n) is 4.44. The van der Waals surface area contributed by atoms with Crippen molar-refractivity contribution in [3.63, 3.8) is 0 Å². The van der Waals surface area contributed by atoms with Gasteiger partial charge in [0.05, 0.1) is 12.8 Å². The lowest BCUT2D eigenvalue weighted by Crippen LogP contribution is -2.26. The normalized spacial score (nSPS) is 12.1. The maximum absolute atomic E-state index is 12.0. The van der Waals surface area contributed by atoms with Crippen molar-refractivity contribution >= 4 is 29.1 Å². The van der Waals surface area contributed by atoms with Crippen molar-refractivity contribution in [3.05, 3.63) is 46.7 Å². The molecule has 1 heterocycles. The average Bonchev–Trinajstić information content (AvgIpc) is 3.02. The number of nitrogens with zero attached hydrogens (tertiary/aromatic N) is 1. The second kappa shape index (κ2) is 8.19. The monoisotopic (exact) mass is 318 g/mol. The molecule has 1 unspecified atom stereocenters. The van der Waals surface area contributed by atoms with E-state index < -0.39 is 6.10 Å². The van der Waals surface area contributed by atoms with Crippen molar-refractivity contribution in [3.8, 4) is 5.75 Å². The molecule has 0 radical (unpaired) electrons. The maximum atomic E-state index is 12.0. The molecular formula is C16H18N2O3S. The fourth-order valence-corrected chi connectivity index (χ4v) is 2.21. The lowest BCUT2D eigenvalue weighted by atomic mass is 10.3. The van der Waals surface area contributed by atoms with Crippen molar-refractivity contribution < 1.29 is 14.4 Å². The number of rotatable bonds is 7. The van der Waals surface area contributed by atoms with Gasteiger partial charge >= 0.3 is 0 Å². The highest BCUT2D eigenvalue weighted by atomic mass is 32.1. The minimum absolute atomic E-state index is 0.257. The van der Waals surface area contributed by atoms with Gasteiger partial charge in [-0.1, -0.05) is 11.2 Å². The van der Waals surface area contributed by atoms with Gasteiger partial charge in [-0.25, -0.2) is 0 Å². The first-order chi connectivity index (χ1) is 10.7. The van der Waals surface area contributed by atoms with Crippen LogP contribution in [-0.2, 0) is 9.63 Å². The van der Waals surface area contributed by atoms with E-state index in [0.717, 1.165) is 10.6 Å². The molecular weight excluding hydrogens is 300 g/mol. The summed E-state index contributed by atoms with van der Waals surface area (Å²) in [6, 6.07) is 11.0. The Labute approximate surface area is 133 Å². The number of amides is 1. The lowest BCUT2D eigenvalue weighted by Gasteiger charge is -2.11. The molecule has 0 aliphatic heterocycles. The number of carbonyl (C=O) groups is 1. The smallest absolute Gasteiger partial charge is 0.267 e. The van der Waals surface area contributed by atoms with Gasteiger partial charge in [-0.3, -0.25) is 4.79 Å². The van der Waals surface area contributed by atoms with Gasteiger partial charge in [0.2, 0.25) is 6.10 Å². The highest BCUT2D eigenvalue weighted by molar-refractivity contribution is 7.11. The summed E-state index contributed by atoms with van der Waals surface area (Å²) in [6.07, 6.45) is 0.911. The molecule has 0 bridgehead atoms. The highest BCUT2D eigenvalue weighted by Gasteiger charge is 2.14. The Balaban J connectivity index is 1.82. The van der Waals surface area contributed by atoms with Gasteiger partial charge in [0.1, 0.15) is 5.75 Å². The molecule has 1 aromatic carbocycles. The zero-order valence-corrected chi connectivity index (χ0v) is 13.3. The Hall–Kier alpha value is -2.34. The number of nitrogens with one attached hydrogen (secondary N) is 1. The van der Waals surface area contributed by atoms with E-state index in [1.54, 1.807) is 48.7 Å². The van der Waals surface area contributed by atoms with Crippen LogP contribution < -0.4 is 10.1 Å². The molecule has 0 spiro atoms. The Kier molecular flexibility index (Phi) is 5.97. The topological polar surface area (TPSA) is 59.9 Å². The third kappa shape index (κ3) is 4.89. The highest BCUT2D eigenvalue weighted by Crippen LogP contribution is 2.16. The minimum atomic E-state index is -0.678. The van der Waals surface area contributed by atoms with Gasteiger partial charge < -0.3 is 14.9 Å². The van der Waals surface area contributed by atoms with Gasteiger partial charge in [0, 0.05) is 10.6 Å². The predicted molar refractivity (Wildman–Crippen MR) is 88.7 cm³/mol. The third-order valence-electron chi connectivity index (χ3n) is 2.74. The molecule has 1 atom stereocenters. The Bertz CT molecular complexity index is 609. The van der Waals surface area contributed by atoms with E-state index in [2.05, 4.69) is 10.5 Å². The van der Waals surface area contributed by atoms with Crippen LogP contribution in [0.5, 0.6) is 5.75 Å². The van der Waals surface area contributed by atoms with E-state index >= 15 is 0 Å². The predicted octanol–water partition coefficient (Wildman–Crippen LogP) is 3.52. The molecule has 0 aliphatic rings. The molecule has 2 aromatic rings. The number of anilines is 1. The molecule has 5 nitrogen and oxygen atoms in total. The molecule has 0 aliphatic carbocycles. The molecule has 0 fully saturated rings. The number of benzene rings is 1. The Morgan fingerprint density at radius 2 is 2.14 bits per heavy atom. The number of hydrogen-bond donors (Lipinski definition) is 1. The zero-order valence-electron chi connectivity index (χ0n) is 12.5. The van der Waals surface area contributed by atoms with Crippen LogP contribution in [0.1, 0.15) is 18.7 Å². The fraction of sp³-hybridized carbons (Fsp3) is 0.250. The molecule has 1 aromatic heterocycles. The van der Waals surface area contributed by atoms with Crippen LogP contribution in [0.15, 0.2) is 46.9 Å². The van der Waals surface area contributed by atoms with Gasteiger partial charge in [-0.15, -0.1) is 11.3 Å². The molecule has 1 amide bonds. The van der Waals surface area contributed by atoms with Crippen LogP contribution >= 0.6 is 11.3 Å². The summed E-state index contributed by atoms with van der Waals surface area (Å²) in [7, 11) is 0. The van der Waals surface area contributed by atoms with E-state index in [1.165, 1.54) is 0 Å². The molecule has 6 heteroatoms. The van der Waals surface area contributed by atoms with Gasteiger partial charge in [-0.2, -0.15) is 0 Å². The molecule has 1 N–H and O–H groups in total. The minimum Gasteiger partial charge on any atom is -0.494 e. The SMILES string of the molecule is CCOc1ccc(NC(=O)C(C)O/N=C/c2cccs2)cc1. The van der Waals surface area contributed by atoms with Crippen molar-refractivity contribution in [2.75, 3.05) is 11.9 Å². The lowest BCUT2D eigenvalue weighted by molar-refractivity contribution is -0.126. The van der Waals surface area contributed by atoms with E-state index in [1.807, 2.05) is 24.4 Å². The van der Waals surface area contributed by atoms with Gasteiger partial charge in [-0.05, 0) is 49.6 Å². The fourth-order valence-electron chi connectivity index (χ4n) is 1.63. The van der Waals surface area contributed by atoms with E-state index in [9.17, 15) is 4.79 Å². The second-order valence-corrected chi connectivity index (χ2v) is 5.42. The van der Waals surface area contributed by atoms with Crippen LogP contribution in [-0.4, -0.2) is 24.8 Å². The molecule has 0 saturated heterocycles. The number of oxime groups is 1. The first-order valence-electron chi connectivity index (χ1n) is 6.95. The summed E-state index contributed by atoms with van der Waals surface area (Å²) in [6.45, 7) is 4.18. The number of hydrogen-bond acceptors (Lipinski definition) is 5. The van der Waals surface area contributed by atoms with Crippen molar-refractivity contribution in [1.82, 2.24) is 0 Å². The Morgan fingerprint density at radius 3 is 2.77 bits per heavy atom. The maximum Gasteiger partial charge on any atom is 0.267 e. The summed E-state index contributed by atoms with van der Waals surface area (Å²) in [5.74, 6) is 0.512. The molecule has 22 heavy (non-hydrogen) atoms. The number of thiophene rings is 1. The van der Waals surface area contributed by atoms with E-state index in [0.29, 0.717) is 12.3 Å². The summed E-state index contributed by atoms with van der Waals surface area (Å²) in [5.41, 5.74) is 0.686. The first kappa shape index (κ1) is 16.0. The van der Waals surface area contributed by atoms with Crippen LogP contribution in [0.25, 0.3) is 0 Å². The average molecular weight is 318 g/mol. The third-order valence-corrected chi connectivity index (χ3v) is 3.55. The van der Waals surface area contributed by atoms with Crippen LogP contribution in [0.3, 0.4) is 0 Å². The van der Waals surface area contributed by atoms with Crippen molar-refractivity contribution in [1.29, 1.82) is 0 Å². The van der Waals surface area contributed by atoms with Gasteiger partial charge in [0.25, 0.3) is 5.91 Å². The number of ether oxygens (including phenoxy) is 1. The Morgan fingerprint density at radius 1 is 1.36 bits per heavy atom. The van der Waals surface area contributed by atoms with Crippen LogP contribution in [0.2, 0.25) is 0 Å². The quantitative estimate of drug-likeness (QED) is 0.627. The molecule has 2 rings (SSSR count). The van der Waals surface area contributed by atoms with E-state index in [-0.39, 0.29) is 5.91 Å². The van der Waals surface area contributed by atoms with Crippen molar-refractivity contribution in [2.24, 2.45) is 5.16 Å². The van der Waals surface area contributed by atoms with Gasteiger partial charge in [0.15, 0.2) is 0 Å². The zero-order chi connectivity index (χ0) is 15.8. The van der Waals surface area contributed by atoms with E-state index in [4.69, 9.17) is 9.57 Å². The molecule has 0 saturated carbocycles. The largest absolute Gasteiger partial charge is 0.494 e. The number of carbonyl (C=O) groups excluding carboxylic acids is 1. The molecule has 116 valence electrons.